The van der Waals surface area contributed by atoms with Gasteiger partial charge in [0.15, 0.2) is 9.84 Å². The zero-order valence-corrected chi connectivity index (χ0v) is 30.5. The summed E-state index contributed by atoms with van der Waals surface area (Å²) in [7, 11) is -3.35. The van der Waals surface area contributed by atoms with Crippen LogP contribution in [0.3, 0.4) is 0 Å². The van der Waals surface area contributed by atoms with Gasteiger partial charge in [-0.05, 0) is 67.6 Å². The van der Waals surface area contributed by atoms with Crippen molar-refractivity contribution in [2.75, 3.05) is 12.3 Å². The van der Waals surface area contributed by atoms with Crippen molar-refractivity contribution in [2.24, 2.45) is 22.7 Å². The van der Waals surface area contributed by atoms with Crippen molar-refractivity contribution < 1.29 is 32.4 Å². The second-order valence-electron chi connectivity index (χ2n) is 16.8. The molecule has 3 unspecified atom stereocenters. The predicted molar refractivity (Wildman–Crippen MR) is 181 cm³/mol. The van der Waals surface area contributed by atoms with E-state index in [0.717, 1.165) is 38.5 Å². The Morgan fingerprint density at radius 3 is 2.17 bits per heavy atom. The molecule has 48 heavy (non-hydrogen) atoms. The van der Waals surface area contributed by atoms with Gasteiger partial charge in [0.2, 0.25) is 17.6 Å². The van der Waals surface area contributed by atoms with Crippen LogP contribution in [0.25, 0.3) is 0 Å². The Morgan fingerprint density at radius 1 is 0.938 bits per heavy atom. The lowest BCUT2D eigenvalue weighted by atomic mass is 9.78. The van der Waals surface area contributed by atoms with Crippen molar-refractivity contribution in [3.63, 3.8) is 0 Å². The third kappa shape index (κ3) is 7.40. The first kappa shape index (κ1) is 36.6. The molecule has 13 heteroatoms. The fourth-order valence-electron chi connectivity index (χ4n) is 8.72. The molecule has 2 aliphatic heterocycles. The number of piperidine rings is 1. The van der Waals surface area contributed by atoms with E-state index >= 15 is 0 Å². The number of unbranched alkanes of at least 4 members (excludes halogenated alkanes) is 1. The number of amides is 5. The number of carbonyl (C=O) groups excluding carboxylic acids is 5. The Balaban J connectivity index is 1.34. The maximum Gasteiger partial charge on any atom is 0.315 e. The molecule has 2 saturated heterocycles. The number of hydrogen-bond donors (Lipinski definition) is 4. The predicted octanol–water partition coefficient (Wildman–Crippen LogP) is 2.99. The zero-order chi connectivity index (χ0) is 35.2. The molecule has 5 rings (SSSR count). The average molecular weight is 692 g/mol. The molecule has 4 N–H and O–H groups in total. The molecule has 0 aromatic rings. The van der Waals surface area contributed by atoms with Crippen molar-refractivity contribution >= 4 is 39.4 Å². The second-order valence-corrected chi connectivity index (χ2v) is 19.1. The Hall–Kier alpha value is -2.70. The van der Waals surface area contributed by atoms with E-state index < -0.39 is 73.7 Å². The molecule has 5 aliphatic rings. The number of fused-ring (bicyclic) bond motifs is 1. The fraction of sp³-hybridized carbons (Fsp3) is 0.857. The molecule has 0 spiro atoms. The normalized spacial score (nSPS) is 29.6. The van der Waals surface area contributed by atoms with Gasteiger partial charge in [0.1, 0.15) is 12.1 Å². The van der Waals surface area contributed by atoms with Gasteiger partial charge in [-0.2, -0.15) is 0 Å². The Labute approximate surface area is 286 Å². The first-order valence-electron chi connectivity index (χ1n) is 18.2. The minimum Gasteiger partial charge on any atom is -0.347 e. The van der Waals surface area contributed by atoms with Crippen LogP contribution in [0.5, 0.6) is 0 Å². The molecule has 0 aromatic heterocycles. The number of nitrogens with zero attached hydrogens (tertiary/aromatic N) is 1. The Bertz CT molecular complexity index is 1400. The third-order valence-corrected chi connectivity index (χ3v) is 14.2. The van der Waals surface area contributed by atoms with E-state index in [2.05, 4.69) is 35.1 Å². The van der Waals surface area contributed by atoms with Crippen LogP contribution in [-0.4, -0.2) is 90.1 Å². The maximum atomic E-state index is 14.5. The van der Waals surface area contributed by atoms with Crippen molar-refractivity contribution in [1.29, 1.82) is 0 Å². The summed E-state index contributed by atoms with van der Waals surface area (Å²) in [6.07, 6.45) is 8.28. The van der Waals surface area contributed by atoms with Gasteiger partial charge in [0, 0.05) is 12.6 Å². The third-order valence-electron chi connectivity index (χ3n) is 11.8. The molecule has 3 saturated carbocycles. The number of sulfone groups is 1. The maximum absolute atomic E-state index is 14.5. The topological polar surface area (TPSA) is 171 Å². The van der Waals surface area contributed by atoms with Gasteiger partial charge < -0.3 is 26.2 Å². The smallest absolute Gasteiger partial charge is 0.315 e. The SMILES string of the molecule is CCCC[C@H](NC(=O)C1C2C(CN1C(=O)[C@@H](NC(=O)NC1([C@H]3CCCS3(=O)=O)CCCCC1)C(C)(C)C)C2(C)C)C(=O)C(=O)NC1CC1. The molecule has 3 aliphatic carbocycles. The van der Waals surface area contributed by atoms with Crippen LogP contribution in [-0.2, 0) is 29.0 Å². The van der Waals surface area contributed by atoms with Gasteiger partial charge in [-0.25, -0.2) is 13.2 Å². The lowest BCUT2D eigenvalue weighted by molar-refractivity contribution is -0.145. The molecule has 2 heterocycles. The second kappa shape index (κ2) is 13.5. The average Bonchev–Trinajstić information content (AvgIpc) is 3.79. The number of carbonyl (C=O) groups is 5. The lowest BCUT2D eigenvalue weighted by Crippen LogP contribution is -2.65. The highest BCUT2D eigenvalue weighted by Gasteiger charge is 2.70. The lowest BCUT2D eigenvalue weighted by Gasteiger charge is -2.43. The quantitative estimate of drug-likeness (QED) is 0.228. The number of Topliss-reactive ketones (excluding diaryl/α,β-unsaturated/α-hetero) is 1. The van der Waals surface area contributed by atoms with E-state index in [4.69, 9.17) is 0 Å². The van der Waals surface area contributed by atoms with Crippen molar-refractivity contribution in [3.8, 4) is 0 Å². The van der Waals surface area contributed by atoms with Crippen molar-refractivity contribution in [3.05, 3.63) is 0 Å². The van der Waals surface area contributed by atoms with Gasteiger partial charge in [-0.3, -0.25) is 19.2 Å². The molecule has 0 radical (unpaired) electrons. The summed E-state index contributed by atoms with van der Waals surface area (Å²) in [5.41, 5.74) is -1.80. The number of hydrogen-bond acceptors (Lipinski definition) is 7. The van der Waals surface area contributed by atoms with Gasteiger partial charge in [0.25, 0.3) is 5.91 Å². The highest BCUT2D eigenvalue weighted by molar-refractivity contribution is 7.92. The summed E-state index contributed by atoms with van der Waals surface area (Å²) in [4.78, 5) is 69.7. The van der Waals surface area contributed by atoms with Crippen LogP contribution >= 0.6 is 0 Å². The molecule has 0 bridgehead atoms. The summed E-state index contributed by atoms with van der Waals surface area (Å²) in [5.74, 6) is -2.14. The fourth-order valence-corrected chi connectivity index (χ4v) is 11.1. The Morgan fingerprint density at radius 2 is 1.60 bits per heavy atom. The first-order valence-corrected chi connectivity index (χ1v) is 19.9. The number of nitrogens with one attached hydrogen (secondary N) is 4. The zero-order valence-electron chi connectivity index (χ0n) is 29.7. The number of ketones is 1. The Kier molecular flexibility index (Phi) is 10.3. The summed E-state index contributed by atoms with van der Waals surface area (Å²) >= 11 is 0. The summed E-state index contributed by atoms with van der Waals surface area (Å²) in [6, 6.07) is -3.42. The van der Waals surface area contributed by atoms with Crippen LogP contribution in [0.2, 0.25) is 0 Å². The van der Waals surface area contributed by atoms with Crippen LogP contribution in [0.1, 0.15) is 119 Å². The van der Waals surface area contributed by atoms with Crippen molar-refractivity contribution in [1.82, 2.24) is 26.2 Å². The highest BCUT2D eigenvalue weighted by atomic mass is 32.2. The van der Waals surface area contributed by atoms with E-state index in [1.54, 1.807) is 4.90 Å². The van der Waals surface area contributed by atoms with E-state index in [1.165, 1.54) is 0 Å². The van der Waals surface area contributed by atoms with E-state index in [0.29, 0.717) is 45.1 Å². The summed E-state index contributed by atoms with van der Waals surface area (Å²) in [6.45, 7) is 12.0. The van der Waals surface area contributed by atoms with Gasteiger partial charge >= 0.3 is 6.03 Å². The van der Waals surface area contributed by atoms with Gasteiger partial charge in [-0.15, -0.1) is 0 Å². The molecular formula is C35H57N5O7S. The summed E-state index contributed by atoms with van der Waals surface area (Å²) in [5, 5.41) is 10.9. The first-order chi connectivity index (χ1) is 22.4. The molecule has 5 fully saturated rings. The largest absolute Gasteiger partial charge is 0.347 e. The van der Waals surface area contributed by atoms with E-state index in [1.807, 2.05) is 27.7 Å². The van der Waals surface area contributed by atoms with Gasteiger partial charge in [-0.1, -0.05) is 73.6 Å². The number of urea groups is 1. The number of likely N-dealkylation sites (tertiary alicyclic amines) is 1. The van der Waals surface area contributed by atoms with Crippen molar-refractivity contribution in [2.45, 2.75) is 154 Å². The molecule has 12 nitrogen and oxygen atoms in total. The van der Waals surface area contributed by atoms with Crippen LogP contribution < -0.4 is 21.3 Å². The molecule has 0 aromatic carbocycles. The number of rotatable bonds is 12. The highest BCUT2D eigenvalue weighted by Crippen LogP contribution is 2.65. The standard InChI is InChI=1S/C35H57N5O7S/c1-7-8-13-23(27(41)30(43)36-21-15-16-21)37-29(42)26-25-22(34(25,5)6)20-40(26)31(44)28(33(2,3)4)38-32(45)39-35(17-10-9-11-18-35)24-14-12-19-48(24,46)47/h21-26,28H,7-20H2,1-6H3,(H,36,43)(H,37,42)(H2,38,39,45)/t22?,23-,24+,25?,26?,28+/m0/s1. The molecule has 270 valence electrons. The van der Waals surface area contributed by atoms with E-state index in [9.17, 15) is 32.4 Å². The van der Waals surface area contributed by atoms with Crippen LogP contribution in [0.15, 0.2) is 0 Å². The van der Waals surface area contributed by atoms with Crippen LogP contribution in [0, 0.1) is 22.7 Å². The van der Waals surface area contributed by atoms with Crippen LogP contribution in [0.4, 0.5) is 4.79 Å². The minimum atomic E-state index is -3.35. The van der Waals surface area contributed by atoms with Gasteiger partial charge in [0.05, 0.1) is 22.6 Å². The minimum absolute atomic E-state index is 0.00883. The molecule has 6 atom stereocenters. The van der Waals surface area contributed by atoms with E-state index in [-0.39, 0.29) is 29.0 Å². The monoisotopic (exact) mass is 691 g/mol. The molecular weight excluding hydrogens is 634 g/mol. The summed E-state index contributed by atoms with van der Waals surface area (Å²) < 4.78 is 26.1. The molecule has 5 amide bonds.